The third kappa shape index (κ3) is 2.05. The van der Waals surface area contributed by atoms with Crippen LogP contribution >= 0.6 is 0 Å². The molecule has 2 N–H and O–H groups in total. The molecule has 100 valence electrons. The molecule has 20 heavy (non-hydrogen) atoms. The fraction of sp³-hybridized carbons (Fsp3) is 0.158. The van der Waals surface area contributed by atoms with Crippen LogP contribution in [0.25, 0.3) is 21.9 Å². The summed E-state index contributed by atoms with van der Waals surface area (Å²) in [7, 11) is 0. The Bertz CT molecular complexity index is 772. The minimum Gasteiger partial charge on any atom is -0.399 e. The van der Waals surface area contributed by atoms with E-state index < -0.39 is 0 Å². The SMILES string of the molecule is CCc1cc(-c2ccc(C)c3ccccc23)ccc1N. The van der Waals surface area contributed by atoms with Gasteiger partial charge in [-0.25, -0.2) is 0 Å². The molecule has 0 fully saturated rings. The Morgan fingerprint density at radius 1 is 0.900 bits per heavy atom. The molecule has 1 heteroatoms. The molecule has 0 unspecified atom stereocenters. The van der Waals surface area contributed by atoms with Crippen molar-refractivity contribution in [3.8, 4) is 11.1 Å². The van der Waals surface area contributed by atoms with Crippen molar-refractivity contribution < 1.29 is 0 Å². The summed E-state index contributed by atoms with van der Waals surface area (Å²) in [5.74, 6) is 0. The molecular weight excluding hydrogens is 242 g/mol. The molecule has 0 aliphatic heterocycles. The van der Waals surface area contributed by atoms with Crippen LogP contribution in [0.2, 0.25) is 0 Å². The van der Waals surface area contributed by atoms with Gasteiger partial charge < -0.3 is 5.73 Å². The number of benzene rings is 3. The molecule has 1 nitrogen and oxygen atoms in total. The Hall–Kier alpha value is -2.28. The molecule has 0 radical (unpaired) electrons. The van der Waals surface area contributed by atoms with Crippen molar-refractivity contribution in [2.75, 3.05) is 5.73 Å². The second-order valence-electron chi connectivity index (χ2n) is 5.24. The fourth-order valence-electron chi connectivity index (χ4n) is 2.78. The maximum atomic E-state index is 6.01. The van der Waals surface area contributed by atoms with Crippen molar-refractivity contribution in [3.05, 3.63) is 65.7 Å². The molecule has 0 spiro atoms. The van der Waals surface area contributed by atoms with Crippen LogP contribution in [0.15, 0.2) is 54.6 Å². The maximum Gasteiger partial charge on any atom is 0.0346 e. The minimum absolute atomic E-state index is 0.882. The fourth-order valence-corrected chi connectivity index (χ4v) is 2.78. The van der Waals surface area contributed by atoms with Crippen molar-refractivity contribution in [1.29, 1.82) is 0 Å². The van der Waals surface area contributed by atoms with Gasteiger partial charge in [-0.15, -0.1) is 0 Å². The molecule has 0 saturated heterocycles. The molecule has 0 aliphatic rings. The minimum atomic E-state index is 0.882. The first kappa shape index (κ1) is 12.7. The number of nitrogen functional groups attached to an aromatic ring is 1. The lowest BCUT2D eigenvalue weighted by atomic mass is 9.94. The van der Waals surface area contributed by atoms with Crippen molar-refractivity contribution in [1.82, 2.24) is 0 Å². The summed E-state index contributed by atoms with van der Waals surface area (Å²) < 4.78 is 0. The average Bonchev–Trinajstić information content (AvgIpc) is 2.49. The first-order valence-corrected chi connectivity index (χ1v) is 7.08. The number of aryl methyl sites for hydroxylation is 2. The van der Waals surface area contributed by atoms with E-state index in [4.69, 9.17) is 5.73 Å². The van der Waals surface area contributed by atoms with Gasteiger partial charge >= 0.3 is 0 Å². The molecule has 0 saturated carbocycles. The molecule has 3 aromatic carbocycles. The first-order valence-electron chi connectivity index (χ1n) is 7.08. The van der Waals surface area contributed by atoms with E-state index in [0.717, 1.165) is 12.1 Å². The van der Waals surface area contributed by atoms with E-state index in [-0.39, 0.29) is 0 Å². The van der Waals surface area contributed by atoms with Gasteiger partial charge in [-0.3, -0.25) is 0 Å². The highest BCUT2D eigenvalue weighted by molar-refractivity contribution is 5.98. The third-order valence-electron chi connectivity index (χ3n) is 3.98. The third-order valence-corrected chi connectivity index (χ3v) is 3.98. The van der Waals surface area contributed by atoms with Crippen molar-refractivity contribution in [2.24, 2.45) is 0 Å². The van der Waals surface area contributed by atoms with E-state index in [1.807, 2.05) is 6.07 Å². The maximum absolute atomic E-state index is 6.01. The van der Waals surface area contributed by atoms with Crippen LogP contribution in [-0.4, -0.2) is 0 Å². The van der Waals surface area contributed by atoms with E-state index in [2.05, 4.69) is 62.4 Å². The molecular formula is C19H19N. The van der Waals surface area contributed by atoms with Gasteiger partial charge in [-0.2, -0.15) is 0 Å². The Balaban J connectivity index is 2.27. The van der Waals surface area contributed by atoms with E-state index in [1.165, 1.54) is 33.0 Å². The number of nitrogens with two attached hydrogens (primary N) is 1. The Kier molecular flexibility index (Phi) is 3.19. The van der Waals surface area contributed by atoms with Gasteiger partial charge in [0.05, 0.1) is 0 Å². The molecule has 0 heterocycles. The molecule has 0 bridgehead atoms. The van der Waals surface area contributed by atoms with Crippen molar-refractivity contribution in [2.45, 2.75) is 20.3 Å². The quantitative estimate of drug-likeness (QED) is 0.648. The highest BCUT2D eigenvalue weighted by Gasteiger charge is 2.07. The molecule has 3 aromatic rings. The Morgan fingerprint density at radius 3 is 2.40 bits per heavy atom. The van der Waals surface area contributed by atoms with Gasteiger partial charge in [-0.05, 0) is 58.5 Å². The standard InChI is InChI=1S/C19H19N/c1-3-14-12-15(9-11-19(14)20)17-10-8-13(2)16-6-4-5-7-18(16)17/h4-12H,3,20H2,1-2H3. The summed E-state index contributed by atoms with van der Waals surface area (Å²) in [5, 5.41) is 2.62. The predicted molar refractivity (Wildman–Crippen MR) is 87.9 cm³/mol. The zero-order chi connectivity index (χ0) is 14.1. The molecule has 0 amide bonds. The largest absolute Gasteiger partial charge is 0.399 e. The second kappa shape index (κ2) is 5.01. The van der Waals surface area contributed by atoms with Crippen LogP contribution in [-0.2, 0) is 6.42 Å². The van der Waals surface area contributed by atoms with Gasteiger partial charge in [0.2, 0.25) is 0 Å². The van der Waals surface area contributed by atoms with Crippen LogP contribution in [0.1, 0.15) is 18.1 Å². The molecule has 0 aromatic heterocycles. The monoisotopic (exact) mass is 261 g/mol. The zero-order valence-corrected chi connectivity index (χ0v) is 12.0. The van der Waals surface area contributed by atoms with Crippen molar-refractivity contribution in [3.63, 3.8) is 0 Å². The summed E-state index contributed by atoms with van der Waals surface area (Å²) >= 11 is 0. The number of anilines is 1. The summed E-state index contributed by atoms with van der Waals surface area (Å²) in [6.07, 6.45) is 0.962. The molecule has 3 rings (SSSR count). The van der Waals surface area contributed by atoms with E-state index >= 15 is 0 Å². The van der Waals surface area contributed by atoms with Gasteiger partial charge in [-0.1, -0.05) is 49.4 Å². The summed E-state index contributed by atoms with van der Waals surface area (Å²) in [6.45, 7) is 4.30. The second-order valence-corrected chi connectivity index (χ2v) is 5.24. The van der Waals surface area contributed by atoms with Crippen molar-refractivity contribution >= 4 is 16.5 Å². The van der Waals surface area contributed by atoms with E-state index in [9.17, 15) is 0 Å². The van der Waals surface area contributed by atoms with Crippen LogP contribution in [0.4, 0.5) is 5.69 Å². The van der Waals surface area contributed by atoms with Gasteiger partial charge in [0.1, 0.15) is 0 Å². The average molecular weight is 261 g/mol. The van der Waals surface area contributed by atoms with E-state index in [1.54, 1.807) is 0 Å². The molecule has 0 atom stereocenters. The van der Waals surface area contributed by atoms with Crippen LogP contribution in [0, 0.1) is 6.92 Å². The van der Waals surface area contributed by atoms with Gasteiger partial charge in [0.25, 0.3) is 0 Å². The number of hydrogen-bond acceptors (Lipinski definition) is 1. The Labute approximate surface area is 120 Å². The summed E-state index contributed by atoms with van der Waals surface area (Å²) in [5.41, 5.74) is 11.9. The smallest absolute Gasteiger partial charge is 0.0346 e. The lowest BCUT2D eigenvalue weighted by Crippen LogP contribution is -1.93. The number of hydrogen-bond donors (Lipinski definition) is 1. The van der Waals surface area contributed by atoms with Crippen LogP contribution in [0.3, 0.4) is 0 Å². The lowest BCUT2D eigenvalue weighted by molar-refractivity contribution is 1.15. The number of fused-ring (bicyclic) bond motifs is 1. The Morgan fingerprint density at radius 2 is 1.65 bits per heavy atom. The van der Waals surface area contributed by atoms with Gasteiger partial charge in [0.15, 0.2) is 0 Å². The number of rotatable bonds is 2. The topological polar surface area (TPSA) is 26.0 Å². The molecule has 0 aliphatic carbocycles. The zero-order valence-electron chi connectivity index (χ0n) is 12.0. The summed E-state index contributed by atoms with van der Waals surface area (Å²) in [6, 6.07) is 19.3. The first-order chi connectivity index (χ1) is 9.70. The lowest BCUT2D eigenvalue weighted by Gasteiger charge is -2.11. The van der Waals surface area contributed by atoms with Crippen LogP contribution in [0.5, 0.6) is 0 Å². The highest BCUT2D eigenvalue weighted by atomic mass is 14.6. The highest BCUT2D eigenvalue weighted by Crippen LogP contribution is 2.32. The van der Waals surface area contributed by atoms with Crippen LogP contribution < -0.4 is 5.73 Å². The van der Waals surface area contributed by atoms with Gasteiger partial charge in [0, 0.05) is 5.69 Å². The van der Waals surface area contributed by atoms with E-state index in [0.29, 0.717) is 0 Å². The summed E-state index contributed by atoms with van der Waals surface area (Å²) in [4.78, 5) is 0. The normalized spacial score (nSPS) is 10.9. The predicted octanol–water partition coefficient (Wildman–Crippen LogP) is 4.96.